The number of allylic oxidation sites excluding steroid dienone is 1. The summed E-state index contributed by atoms with van der Waals surface area (Å²) in [6.07, 6.45) is 0.881. The summed E-state index contributed by atoms with van der Waals surface area (Å²) in [5.41, 5.74) is 0.200. The first-order valence-corrected chi connectivity index (χ1v) is 9.58. The second-order valence-corrected chi connectivity index (χ2v) is 7.76. The molecule has 1 unspecified atom stereocenters. The molecule has 2 N–H and O–H groups in total. The van der Waals surface area contributed by atoms with Crippen molar-refractivity contribution in [3.8, 4) is 0 Å². The Morgan fingerprint density at radius 2 is 1.64 bits per heavy atom. The molecular weight excluding hydrogens is 358 g/mol. The van der Waals surface area contributed by atoms with E-state index in [1.165, 1.54) is 13.3 Å². The van der Waals surface area contributed by atoms with Crippen molar-refractivity contribution in [1.82, 2.24) is 5.32 Å². The van der Waals surface area contributed by atoms with Crippen molar-refractivity contribution in [2.75, 3.05) is 0 Å². The number of ether oxygens (including phenoxy) is 1. The lowest BCUT2D eigenvalue weighted by molar-refractivity contribution is -0.127. The first kappa shape index (κ1) is 23.4. The molecule has 0 saturated heterocycles. The van der Waals surface area contributed by atoms with Crippen LogP contribution in [0.1, 0.15) is 59.4 Å². The Labute approximate surface area is 167 Å². The van der Waals surface area contributed by atoms with E-state index in [0.717, 1.165) is 5.56 Å². The standard InChI is InChI=1S/C19H23NO5.C3H8/c1-12(20-18(24)25-11-13-7-5-4-6-8-13)17(23)16-14(21)9-19(2,3)10-15(16)22;1-3-2/h4-8,12,23H,9-11H2,1-3H3,(H,20,24);3H2,1-2H3. The van der Waals surface area contributed by atoms with Crippen molar-refractivity contribution < 1.29 is 24.2 Å². The number of amides is 1. The van der Waals surface area contributed by atoms with E-state index in [4.69, 9.17) is 4.74 Å². The van der Waals surface area contributed by atoms with Gasteiger partial charge >= 0.3 is 6.09 Å². The highest BCUT2D eigenvalue weighted by atomic mass is 16.5. The first-order chi connectivity index (χ1) is 13.1. The van der Waals surface area contributed by atoms with Crippen LogP contribution in [0.5, 0.6) is 0 Å². The Bertz CT molecular complexity index is 700. The monoisotopic (exact) mass is 389 g/mol. The summed E-state index contributed by atoms with van der Waals surface area (Å²) in [5, 5.41) is 12.7. The summed E-state index contributed by atoms with van der Waals surface area (Å²) >= 11 is 0. The van der Waals surface area contributed by atoms with Crippen molar-refractivity contribution in [1.29, 1.82) is 0 Å². The van der Waals surface area contributed by atoms with Crippen LogP contribution in [0.4, 0.5) is 4.79 Å². The summed E-state index contributed by atoms with van der Waals surface area (Å²) in [6, 6.07) is 8.26. The Morgan fingerprint density at radius 3 is 2.14 bits per heavy atom. The third-order valence-corrected chi connectivity index (χ3v) is 4.05. The largest absolute Gasteiger partial charge is 0.509 e. The zero-order valence-corrected chi connectivity index (χ0v) is 17.4. The van der Waals surface area contributed by atoms with E-state index in [0.29, 0.717) is 0 Å². The second-order valence-electron chi connectivity index (χ2n) is 7.76. The fourth-order valence-electron chi connectivity index (χ4n) is 2.78. The summed E-state index contributed by atoms with van der Waals surface area (Å²) < 4.78 is 5.07. The van der Waals surface area contributed by atoms with Gasteiger partial charge in [0, 0.05) is 12.8 Å². The van der Waals surface area contributed by atoms with Gasteiger partial charge in [0.05, 0.1) is 6.04 Å². The van der Waals surface area contributed by atoms with Crippen molar-refractivity contribution in [2.45, 2.75) is 66.5 Å². The van der Waals surface area contributed by atoms with Crippen LogP contribution in [0.25, 0.3) is 0 Å². The lowest BCUT2D eigenvalue weighted by atomic mass is 9.73. The van der Waals surface area contributed by atoms with Gasteiger partial charge in [-0.3, -0.25) is 9.59 Å². The Kier molecular flexibility index (Phi) is 8.89. The number of carbonyl (C=O) groups is 3. The number of hydrogen-bond acceptors (Lipinski definition) is 5. The Hall–Kier alpha value is -2.63. The summed E-state index contributed by atoms with van der Waals surface area (Å²) in [7, 11) is 0. The minimum Gasteiger partial charge on any atom is -0.509 e. The van der Waals surface area contributed by atoms with E-state index in [1.54, 1.807) is 0 Å². The van der Waals surface area contributed by atoms with Crippen LogP contribution in [-0.4, -0.2) is 28.8 Å². The number of rotatable bonds is 4. The maximum Gasteiger partial charge on any atom is 0.408 e. The van der Waals surface area contributed by atoms with Gasteiger partial charge < -0.3 is 15.2 Å². The predicted octanol–water partition coefficient (Wildman–Crippen LogP) is 4.49. The van der Waals surface area contributed by atoms with Crippen molar-refractivity contribution in [3.63, 3.8) is 0 Å². The third kappa shape index (κ3) is 7.18. The number of benzene rings is 1. The van der Waals surface area contributed by atoms with E-state index >= 15 is 0 Å². The number of aliphatic hydroxyl groups excluding tert-OH is 1. The molecule has 1 fully saturated rings. The van der Waals surface area contributed by atoms with E-state index < -0.39 is 34.9 Å². The van der Waals surface area contributed by atoms with Crippen LogP contribution in [0.15, 0.2) is 41.7 Å². The number of aliphatic hydroxyl groups is 1. The molecule has 0 radical (unpaired) electrons. The summed E-state index contributed by atoms with van der Waals surface area (Å²) in [4.78, 5) is 36.2. The average Bonchev–Trinajstić information content (AvgIpc) is 2.59. The van der Waals surface area contributed by atoms with E-state index in [1.807, 2.05) is 44.2 Å². The zero-order valence-electron chi connectivity index (χ0n) is 17.4. The average molecular weight is 389 g/mol. The number of Topliss-reactive ketones (excluding diaryl/α,β-unsaturated/α-hetero) is 2. The van der Waals surface area contributed by atoms with Gasteiger partial charge in [-0.2, -0.15) is 0 Å². The molecule has 28 heavy (non-hydrogen) atoms. The second kappa shape index (κ2) is 10.6. The van der Waals surface area contributed by atoms with Crippen molar-refractivity contribution in [3.05, 3.63) is 47.2 Å². The number of alkyl carbamates (subject to hydrolysis) is 1. The molecule has 0 bridgehead atoms. The molecule has 2 rings (SSSR count). The molecule has 6 heteroatoms. The van der Waals surface area contributed by atoms with Gasteiger partial charge in [0.25, 0.3) is 0 Å². The van der Waals surface area contributed by atoms with Gasteiger partial charge in [-0.05, 0) is 17.9 Å². The first-order valence-electron chi connectivity index (χ1n) is 9.58. The summed E-state index contributed by atoms with van der Waals surface area (Å²) in [6.45, 7) is 9.49. The highest BCUT2D eigenvalue weighted by Gasteiger charge is 2.38. The van der Waals surface area contributed by atoms with Gasteiger partial charge in [0.15, 0.2) is 11.6 Å². The number of hydrogen-bond donors (Lipinski definition) is 2. The molecule has 1 aliphatic rings. The highest BCUT2D eigenvalue weighted by Crippen LogP contribution is 2.34. The quantitative estimate of drug-likeness (QED) is 0.450. The van der Waals surface area contributed by atoms with E-state index in [2.05, 4.69) is 19.2 Å². The lowest BCUT2D eigenvalue weighted by Crippen LogP contribution is -2.38. The molecule has 1 aliphatic carbocycles. The van der Waals surface area contributed by atoms with Gasteiger partial charge in [0.2, 0.25) is 0 Å². The number of ketones is 2. The lowest BCUT2D eigenvalue weighted by Gasteiger charge is -2.29. The van der Waals surface area contributed by atoms with Gasteiger partial charge in [-0.1, -0.05) is 64.4 Å². The minimum absolute atomic E-state index is 0.0861. The molecule has 1 atom stereocenters. The zero-order chi connectivity index (χ0) is 21.3. The SMILES string of the molecule is CC(NC(=O)OCc1ccccc1)C(O)=C1C(=O)CC(C)(C)CC1=O.CCC. The molecule has 1 aromatic rings. The highest BCUT2D eigenvalue weighted by molar-refractivity contribution is 6.22. The maximum atomic E-state index is 12.2. The van der Waals surface area contributed by atoms with Crippen LogP contribution in [0.3, 0.4) is 0 Å². The number of nitrogens with one attached hydrogen (secondary N) is 1. The molecular formula is C22H31NO5. The van der Waals surface area contributed by atoms with Crippen LogP contribution in [-0.2, 0) is 20.9 Å². The minimum atomic E-state index is -0.896. The van der Waals surface area contributed by atoms with E-state index in [9.17, 15) is 19.5 Å². The van der Waals surface area contributed by atoms with Crippen LogP contribution >= 0.6 is 0 Å². The Morgan fingerprint density at radius 1 is 1.14 bits per heavy atom. The smallest absolute Gasteiger partial charge is 0.408 e. The van der Waals surface area contributed by atoms with Crippen LogP contribution < -0.4 is 5.32 Å². The molecule has 1 amide bonds. The molecule has 0 aliphatic heterocycles. The third-order valence-electron chi connectivity index (χ3n) is 4.05. The molecule has 0 heterocycles. The topological polar surface area (TPSA) is 92.7 Å². The van der Waals surface area contributed by atoms with Gasteiger partial charge in [-0.15, -0.1) is 0 Å². The summed E-state index contributed by atoms with van der Waals surface area (Å²) in [5.74, 6) is -1.21. The fourth-order valence-corrected chi connectivity index (χ4v) is 2.78. The van der Waals surface area contributed by atoms with Crippen LogP contribution in [0.2, 0.25) is 0 Å². The van der Waals surface area contributed by atoms with Crippen molar-refractivity contribution in [2.24, 2.45) is 5.41 Å². The van der Waals surface area contributed by atoms with Crippen molar-refractivity contribution >= 4 is 17.7 Å². The van der Waals surface area contributed by atoms with Crippen LogP contribution in [0, 0.1) is 5.41 Å². The van der Waals surface area contributed by atoms with Gasteiger partial charge in [-0.25, -0.2) is 4.79 Å². The fraction of sp³-hybridized carbons (Fsp3) is 0.500. The Balaban J connectivity index is 0.00000122. The normalized spacial score (nSPS) is 16.5. The predicted molar refractivity (Wildman–Crippen MR) is 108 cm³/mol. The van der Waals surface area contributed by atoms with Gasteiger partial charge in [0.1, 0.15) is 17.9 Å². The maximum absolute atomic E-state index is 12.2. The molecule has 154 valence electrons. The molecule has 1 aromatic carbocycles. The van der Waals surface area contributed by atoms with E-state index in [-0.39, 0.29) is 25.0 Å². The molecule has 6 nitrogen and oxygen atoms in total. The molecule has 1 saturated carbocycles. The molecule has 0 spiro atoms. The molecule has 0 aromatic heterocycles. The number of carbonyl (C=O) groups excluding carboxylic acids is 3.